The molecule has 0 atom stereocenters. The number of hydrogen-bond donors (Lipinski definition) is 2. The zero-order valence-corrected chi connectivity index (χ0v) is 11.7. The first-order chi connectivity index (χ1) is 9.06. The van der Waals surface area contributed by atoms with E-state index in [0.29, 0.717) is 17.7 Å². The molecule has 5 nitrogen and oxygen atoms in total. The molecular formula is C14H21N3O2. The first kappa shape index (κ1) is 15.2. The molecular weight excluding hydrogens is 242 g/mol. The zero-order valence-electron chi connectivity index (χ0n) is 11.7. The van der Waals surface area contributed by atoms with Crippen molar-refractivity contribution in [2.24, 2.45) is 0 Å². The minimum atomic E-state index is -0.149. The maximum absolute atomic E-state index is 11.9. The van der Waals surface area contributed by atoms with E-state index in [4.69, 9.17) is 0 Å². The van der Waals surface area contributed by atoms with Gasteiger partial charge in [-0.15, -0.1) is 0 Å². The van der Waals surface area contributed by atoms with Gasteiger partial charge in [-0.3, -0.25) is 9.59 Å². The van der Waals surface area contributed by atoms with Crippen molar-refractivity contribution in [1.29, 1.82) is 0 Å². The number of amides is 2. The van der Waals surface area contributed by atoms with Gasteiger partial charge in [0.05, 0.1) is 0 Å². The number of carbonyl (C=O) groups is 2. The SMILES string of the molecule is CNCCCNC(=O)c1cccc(C(=O)N(C)C)c1. The van der Waals surface area contributed by atoms with Gasteiger partial charge < -0.3 is 15.5 Å². The molecule has 0 aliphatic heterocycles. The summed E-state index contributed by atoms with van der Waals surface area (Å²) in [6.07, 6.45) is 0.874. The van der Waals surface area contributed by atoms with Crippen molar-refractivity contribution in [2.45, 2.75) is 6.42 Å². The van der Waals surface area contributed by atoms with Crippen LogP contribution in [0.15, 0.2) is 24.3 Å². The van der Waals surface area contributed by atoms with Crippen molar-refractivity contribution in [3.05, 3.63) is 35.4 Å². The van der Waals surface area contributed by atoms with E-state index in [2.05, 4.69) is 10.6 Å². The van der Waals surface area contributed by atoms with Crippen LogP contribution in [0.5, 0.6) is 0 Å². The van der Waals surface area contributed by atoms with Crippen molar-refractivity contribution >= 4 is 11.8 Å². The lowest BCUT2D eigenvalue weighted by Gasteiger charge is -2.11. The van der Waals surface area contributed by atoms with Crippen LogP contribution in [0.4, 0.5) is 0 Å². The molecule has 1 aromatic rings. The Hall–Kier alpha value is -1.88. The van der Waals surface area contributed by atoms with Crippen molar-refractivity contribution in [3.8, 4) is 0 Å². The van der Waals surface area contributed by atoms with Gasteiger partial charge >= 0.3 is 0 Å². The predicted molar refractivity (Wildman–Crippen MR) is 75.3 cm³/mol. The van der Waals surface area contributed by atoms with Gasteiger partial charge in [-0.1, -0.05) is 6.07 Å². The molecule has 5 heteroatoms. The molecule has 0 radical (unpaired) electrons. The predicted octanol–water partition coefficient (Wildman–Crippen LogP) is 0.728. The Morgan fingerprint density at radius 3 is 2.47 bits per heavy atom. The molecule has 2 N–H and O–H groups in total. The molecule has 0 saturated carbocycles. The van der Waals surface area contributed by atoms with Crippen molar-refractivity contribution in [3.63, 3.8) is 0 Å². The Morgan fingerprint density at radius 1 is 1.16 bits per heavy atom. The fraction of sp³-hybridized carbons (Fsp3) is 0.429. The lowest BCUT2D eigenvalue weighted by molar-refractivity contribution is 0.0827. The van der Waals surface area contributed by atoms with E-state index in [0.717, 1.165) is 13.0 Å². The van der Waals surface area contributed by atoms with Gasteiger partial charge in [0.2, 0.25) is 0 Å². The second-order valence-corrected chi connectivity index (χ2v) is 4.49. The van der Waals surface area contributed by atoms with E-state index >= 15 is 0 Å². The molecule has 0 saturated heterocycles. The summed E-state index contributed by atoms with van der Waals surface area (Å²) in [5, 5.41) is 5.84. The van der Waals surface area contributed by atoms with Crippen LogP contribution in [-0.2, 0) is 0 Å². The smallest absolute Gasteiger partial charge is 0.253 e. The lowest BCUT2D eigenvalue weighted by Crippen LogP contribution is -2.27. The van der Waals surface area contributed by atoms with E-state index in [-0.39, 0.29) is 11.8 Å². The highest BCUT2D eigenvalue weighted by molar-refractivity contribution is 5.99. The Balaban J connectivity index is 2.65. The topological polar surface area (TPSA) is 61.4 Å². The average molecular weight is 263 g/mol. The van der Waals surface area contributed by atoms with Gasteiger partial charge in [-0.05, 0) is 38.2 Å². The van der Waals surface area contributed by atoms with Crippen LogP contribution in [0.2, 0.25) is 0 Å². The van der Waals surface area contributed by atoms with Gasteiger partial charge in [-0.2, -0.15) is 0 Å². The summed E-state index contributed by atoms with van der Waals surface area (Å²) < 4.78 is 0. The van der Waals surface area contributed by atoms with E-state index in [1.807, 2.05) is 7.05 Å². The summed E-state index contributed by atoms with van der Waals surface area (Å²) in [5.41, 5.74) is 1.03. The van der Waals surface area contributed by atoms with Crippen molar-refractivity contribution < 1.29 is 9.59 Å². The van der Waals surface area contributed by atoms with Crippen LogP contribution in [-0.4, -0.2) is 50.9 Å². The minimum absolute atomic E-state index is 0.107. The largest absolute Gasteiger partial charge is 0.352 e. The first-order valence-electron chi connectivity index (χ1n) is 6.30. The van der Waals surface area contributed by atoms with Crippen LogP contribution in [0, 0.1) is 0 Å². The molecule has 104 valence electrons. The monoisotopic (exact) mass is 263 g/mol. The van der Waals surface area contributed by atoms with Crippen LogP contribution < -0.4 is 10.6 Å². The van der Waals surface area contributed by atoms with E-state index in [1.165, 1.54) is 4.90 Å². The first-order valence-corrected chi connectivity index (χ1v) is 6.30. The van der Waals surface area contributed by atoms with E-state index < -0.39 is 0 Å². The molecule has 0 fully saturated rings. The fourth-order valence-corrected chi connectivity index (χ4v) is 1.62. The van der Waals surface area contributed by atoms with Gasteiger partial charge in [0.25, 0.3) is 11.8 Å². The summed E-state index contributed by atoms with van der Waals surface area (Å²) in [6.45, 7) is 1.48. The normalized spacial score (nSPS) is 10.1. The zero-order chi connectivity index (χ0) is 14.3. The molecule has 0 aliphatic rings. The summed E-state index contributed by atoms with van der Waals surface area (Å²) in [4.78, 5) is 25.2. The van der Waals surface area contributed by atoms with Crippen LogP contribution in [0.3, 0.4) is 0 Å². The maximum atomic E-state index is 11.9. The lowest BCUT2D eigenvalue weighted by atomic mass is 10.1. The highest BCUT2D eigenvalue weighted by atomic mass is 16.2. The van der Waals surface area contributed by atoms with Crippen molar-refractivity contribution in [2.75, 3.05) is 34.2 Å². The molecule has 1 aromatic carbocycles. The molecule has 19 heavy (non-hydrogen) atoms. The van der Waals surface area contributed by atoms with Gasteiger partial charge in [0.1, 0.15) is 0 Å². The third kappa shape index (κ3) is 4.71. The van der Waals surface area contributed by atoms with Crippen LogP contribution in [0.1, 0.15) is 27.1 Å². The molecule has 2 amide bonds. The Labute approximate surface area is 114 Å². The highest BCUT2D eigenvalue weighted by Gasteiger charge is 2.11. The Kier molecular flexibility index (Phi) is 6.02. The molecule has 0 heterocycles. The van der Waals surface area contributed by atoms with E-state index in [1.54, 1.807) is 38.4 Å². The average Bonchev–Trinajstić information content (AvgIpc) is 2.42. The van der Waals surface area contributed by atoms with Gasteiger partial charge in [-0.25, -0.2) is 0 Å². The molecule has 0 bridgehead atoms. The molecule has 0 spiro atoms. The number of rotatable bonds is 6. The second-order valence-electron chi connectivity index (χ2n) is 4.49. The number of nitrogens with zero attached hydrogens (tertiary/aromatic N) is 1. The summed E-state index contributed by atoms with van der Waals surface area (Å²) in [7, 11) is 5.25. The Bertz CT molecular complexity index is 444. The van der Waals surface area contributed by atoms with Crippen molar-refractivity contribution in [1.82, 2.24) is 15.5 Å². The van der Waals surface area contributed by atoms with E-state index in [9.17, 15) is 9.59 Å². The number of hydrogen-bond acceptors (Lipinski definition) is 3. The quantitative estimate of drug-likeness (QED) is 0.744. The minimum Gasteiger partial charge on any atom is -0.352 e. The Morgan fingerprint density at radius 2 is 1.84 bits per heavy atom. The molecule has 1 rings (SSSR count). The third-order valence-corrected chi connectivity index (χ3v) is 2.67. The van der Waals surface area contributed by atoms with Gasteiger partial charge in [0.15, 0.2) is 0 Å². The maximum Gasteiger partial charge on any atom is 0.253 e. The van der Waals surface area contributed by atoms with Crippen LogP contribution in [0.25, 0.3) is 0 Å². The molecule has 0 aliphatic carbocycles. The summed E-state index contributed by atoms with van der Waals surface area (Å²) >= 11 is 0. The summed E-state index contributed by atoms with van der Waals surface area (Å²) in [6, 6.07) is 6.76. The fourth-order valence-electron chi connectivity index (χ4n) is 1.62. The number of carbonyl (C=O) groups excluding carboxylic acids is 2. The molecule has 0 aromatic heterocycles. The third-order valence-electron chi connectivity index (χ3n) is 2.67. The second kappa shape index (κ2) is 7.53. The number of nitrogens with one attached hydrogen (secondary N) is 2. The molecule has 0 unspecified atom stereocenters. The highest BCUT2D eigenvalue weighted by Crippen LogP contribution is 2.07. The standard InChI is InChI=1S/C14H21N3O2/c1-15-8-5-9-16-13(18)11-6-4-7-12(10-11)14(19)17(2)3/h4,6-7,10,15H,5,8-9H2,1-3H3,(H,16,18). The number of benzene rings is 1. The van der Waals surface area contributed by atoms with Crippen LogP contribution >= 0.6 is 0 Å². The summed E-state index contributed by atoms with van der Waals surface area (Å²) in [5.74, 6) is -0.255. The van der Waals surface area contributed by atoms with Gasteiger partial charge in [0, 0.05) is 31.8 Å².